The molecule has 10 heavy (non-hydrogen) atoms. The SMILES string of the molecule is FC1=CC2OC2(F)C=C1F. The van der Waals surface area contributed by atoms with Crippen molar-refractivity contribution in [1.29, 1.82) is 0 Å². The molecule has 54 valence electrons. The molecule has 0 aromatic heterocycles. The summed E-state index contributed by atoms with van der Waals surface area (Å²) in [4.78, 5) is 0. The van der Waals surface area contributed by atoms with Gasteiger partial charge in [-0.25, -0.2) is 13.2 Å². The van der Waals surface area contributed by atoms with Gasteiger partial charge in [0.25, 0.3) is 5.85 Å². The van der Waals surface area contributed by atoms with Crippen molar-refractivity contribution in [3.05, 3.63) is 23.8 Å². The van der Waals surface area contributed by atoms with E-state index in [9.17, 15) is 13.2 Å². The van der Waals surface area contributed by atoms with E-state index in [0.717, 1.165) is 6.08 Å². The number of alkyl halides is 1. The van der Waals surface area contributed by atoms with Gasteiger partial charge >= 0.3 is 0 Å². The van der Waals surface area contributed by atoms with Crippen molar-refractivity contribution in [1.82, 2.24) is 0 Å². The van der Waals surface area contributed by atoms with E-state index < -0.39 is 23.6 Å². The average molecular weight is 148 g/mol. The first kappa shape index (κ1) is 5.97. The minimum Gasteiger partial charge on any atom is -0.326 e. The van der Waals surface area contributed by atoms with Crippen LogP contribution < -0.4 is 0 Å². The standard InChI is InChI=1S/C6H3F3O/c7-3-1-5-6(9,10-5)2-4(3)8/h1-2,5H. The molecule has 0 N–H and O–H groups in total. The Morgan fingerprint density at radius 1 is 1.40 bits per heavy atom. The van der Waals surface area contributed by atoms with Crippen LogP contribution in [0.5, 0.6) is 0 Å². The Labute approximate surface area is 54.8 Å². The zero-order valence-electron chi connectivity index (χ0n) is 4.77. The van der Waals surface area contributed by atoms with Crippen LogP contribution in [0, 0.1) is 0 Å². The molecule has 0 saturated carbocycles. The first-order valence-corrected chi connectivity index (χ1v) is 2.74. The second-order valence-corrected chi connectivity index (χ2v) is 2.24. The maximum Gasteiger partial charge on any atom is 0.262 e. The third-order valence-corrected chi connectivity index (χ3v) is 1.49. The van der Waals surface area contributed by atoms with Crippen LogP contribution >= 0.6 is 0 Å². The highest BCUT2D eigenvalue weighted by Crippen LogP contribution is 2.46. The molecule has 1 heterocycles. The molecule has 1 saturated heterocycles. The highest BCUT2D eigenvalue weighted by Gasteiger charge is 2.58. The first-order valence-electron chi connectivity index (χ1n) is 2.74. The van der Waals surface area contributed by atoms with Gasteiger partial charge in [-0.05, 0) is 6.08 Å². The summed E-state index contributed by atoms with van der Waals surface area (Å²) in [5.41, 5.74) is 0. The summed E-state index contributed by atoms with van der Waals surface area (Å²) in [7, 11) is 0. The Balaban J connectivity index is 2.37. The third-order valence-electron chi connectivity index (χ3n) is 1.49. The molecule has 0 aromatic carbocycles. The van der Waals surface area contributed by atoms with Crippen LogP contribution in [0.15, 0.2) is 23.8 Å². The van der Waals surface area contributed by atoms with Crippen molar-refractivity contribution in [2.75, 3.05) is 0 Å². The van der Waals surface area contributed by atoms with E-state index in [-0.39, 0.29) is 0 Å². The van der Waals surface area contributed by atoms with Crippen LogP contribution in [0.25, 0.3) is 0 Å². The van der Waals surface area contributed by atoms with E-state index in [0.29, 0.717) is 6.08 Å². The van der Waals surface area contributed by atoms with Crippen LogP contribution in [0.1, 0.15) is 0 Å². The maximum absolute atomic E-state index is 12.6. The molecule has 2 atom stereocenters. The second-order valence-electron chi connectivity index (χ2n) is 2.24. The lowest BCUT2D eigenvalue weighted by atomic mass is 10.1. The monoisotopic (exact) mass is 148 g/mol. The number of epoxide rings is 1. The zero-order chi connectivity index (χ0) is 7.35. The van der Waals surface area contributed by atoms with E-state index in [1.807, 2.05) is 0 Å². The van der Waals surface area contributed by atoms with Crippen LogP contribution in [0.2, 0.25) is 0 Å². The van der Waals surface area contributed by atoms with Gasteiger partial charge in [0.1, 0.15) is 6.10 Å². The molecule has 1 nitrogen and oxygen atoms in total. The lowest BCUT2D eigenvalue weighted by molar-refractivity contribution is 0.190. The molecular weight excluding hydrogens is 145 g/mol. The summed E-state index contributed by atoms with van der Waals surface area (Å²) >= 11 is 0. The highest BCUT2D eigenvalue weighted by atomic mass is 19.2. The van der Waals surface area contributed by atoms with Gasteiger partial charge in [0.2, 0.25) is 0 Å². The Morgan fingerprint density at radius 2 is 2.10 bits per heavy atom. The minimum atomic E-state index is -2.06. The van der Waals surface area contributed by atoms with Crippen LogP contribution in [0.4, 0.5) is 13.2 Å². The molecule has 2 rings (SSSR count). The molecule has 0 spiro atoms. The summed E-state index contributed by atoms with van der Waals surface area (Å²) in [6.07, 6.45) is 0.384. The van der Waals surface area contributed by atoms with Gasteiger partial charge in [0.15, 0.2) is 11.7 Å². The fraction of sp³-hybridized carbons (Fsp3) is 0.333. The summed E-state index contributed by atoms with van der Waals surface area (Å²) in [5.74, 6) is -4.29. The van der Waals surface area contributed by atoms with Gasteiger partial charge in [-0.1, -0.05) is 0 Å². The average Bonchev–Trinajstić information content (AvgIpc) is 2.41. The summed E-state index contributed by atoms with van der Waals surface area (Å²) in [5, 5.41) is 0. The van der Waals surface area contributed by atoms with Crippen LogP contribution in [-0.4, -0.2) is 12.0 Å². The largest absolute Gasteiger partial charge is 0.326 e. The van der Waals surface area contributed by atoms with E-state index in [2.05, 4.69) is 4.74 Å². The lowest BCUT2D eigenvalue weighted by Crippen LogP contribution is -2.06. The predicted molar refractivity (Wildman–Crippen MR) is 27.1 cm³/mol. The predicted octanol–water partition coefficient (Wildman–Crippen LogP) is 1.77. The van der Waals surface area contributed by atoms with Crippen molar-refractivity contribution >= 4 is 0 Å². The van der Waals surface area contributed by atoms with Gasteiger partial charge in [0.05, 0.1) is 0 Å². The quantitative estimate of drug-likeness (QED) is 0.477. The number of ether oxygens (including phenoxy) is 1. The molecule has 0 aromatic rings. The number of halogens is 3. The Kier molecular flexibility index (Phi) is 0.866. The van der Waals surface area contributed by atoms with Crippen LogP contribution in [0.3, 0.4) is 0 Å². The maximum atomic E-state index is 12.6. The summed E-state index contributed by atoms with van der Waals surface area (Å²) in [6.45, 7) is 0. The van der Waals surface area contributed by atoms with E-state index in [1.165, 1.54) is 0 Å². The molecule has 0 bridgehead atoms. The van der Waals surface area contributed by atoms with E-state index >= 15 is 0 Å². The van der Waals surface area contributed by atoms with Crippen molar-refractivity contribution < 1.29 is 17.9 Å². The fourth-order valence-electron chi connectivity index (χ4n) is 0.879. The van der Waals surface area contributed by atoms with Crippen molar-refractivity contribution in [3.63, 3.8) is 0 Å². The smallest absolute Gasteiger partial charge is 0.262 e. The van der Waals surface area contributed by atoms with Crippen molar-refractivity contribution in [2.45, 2.75) is 12.0 Å². The van der Waals surface area contributed by atoms with Gasteiger partial charge in [0, 0.05) is 6.08 Å². The Morgan fingerprint density at radius 3 is 2.70 bits per heavy atom. The van der Waals surface area contributed by atoms with Gasteiger partial charge in [-0.2, -0.15) is 0 Å². The number of fused-ring (bicyclic) bond motifs is 1. The minimum absolute atomic E-state index is 0.507. The molecule has 0 amide bonds. The number of hydrogen-bond donors (Lipinski definition) is 0. The lowest BCUT2D eigenvalue weighted by Gasteiger charge is -1.99. The molecule has 1 aliphatic carbocycles. The van der Waals surface area contributed by atoms with Crippen molar-refractivity contribution in [2.24, 2.45) is 0 Å². The number of hydrogen-bond acceptors (Lipinski definition) is 1. The summed E-state index contributed by atoms with van der Waals surface area (Å²) in [6, 6.07) is 0. The topological polar surface area (TPSA) is 12.5 Å². The van der Waals surface area contributed by atoms with E-state index in [4.69, 9.17) is 0 Å². The van der Waals surface area contributed by atoms with Gasteiger partial charge < -0.3 is 4.74 Å². The molecule has 0 radical (unpaired) electrons. The van der Waals surface area contributed by atoms with E-state index in [1.54, 1.807) is 0 Å². The normalized spacial score (nSPS) is 43.7. The van der Waals surface area contributed by atoms with Crippen LogP contribution in [-0.2, 0) is 4.74 Å². The molecule has 4 heteroatoms. The first-order chi connectivity index (χ1) is 4.62. The van der Waals surface area contributed by atoms with Gasteiger partial charge in [-0.15, -0.1) is 0 Å². The van der Waals surface area contributed by atoms with Crippen molar-refractivity contribution in [3.8, 4) is 0 Å². The zero-order valence-corrected chi connectivity index (χ0v) is 4.77. The fourth-order valence-corrected chi connectivity index (χ4v) is 0.879. The Bertz CT molecular complexity index is 245. The Hall–Kier alpha value is -0.770. The second kappa shape index (κ2) is 1.45. The molecule has 2 unspecified atom stereocenters. The number of allylic oxidation sites excluding steroid dienone is 2. The molecule has 1 aliphatic heterocycles. The molecule has 2 aliphatic rings. The highest BCUT2D eigenvalue weighted by molar-refractivity contribution is 5.35. The number of rotatable bonds is 0. The third kappa shape index (κ3) is 0.623. The molecular formula is C6H3F3O. The molecule has 1 fully saturated rings. The van der Waals surface area contributed by atoms with Gasteiger partial charge in [-0.3, -0.25) is 0 Å². The summed E-state index contributed by atoms with van der Waals surface area (Å²) < 4.78 is 41.3.